The fourth-order valence-corrected chi connectivity index (χ4v) is 2.29. The topological polar surface area (TPSA) is 58.4 Å². The van der Waals surface area contributed by atoms with Gasteiger partial charge in [-0.1, -0.05) is 32.0 Å². The summed E-state index contributed by atoms with van der Waals surface area (Å²) in [6, 6.07) is 0.393. The minimum absolute atomic E-state index is 0.106. The van der Waals surface area contributed by atoms with E-state index in [0.29, 0.717) is 17.6 Å². The van der Waals surface area contributed by atoms with Gasteiger partial charge in [-0.2, -0.15) is 0 Å². The first-order chi connectivity index (χ1) is 7.99. The lowest BCUT2D eigenvalue weighted by Crippen LogP contribution is -2.42. The average Bonchev–Trinajstić information content (AvgIpc) is 2.69. The Kier molecular flexibility index (Phi) is 5.85. The minimum Gasteiger partial charge on any atom is -0.393 e. The molecule has 1 amide bonds. The lowest BCUT2D eigenvalue weighted by molar-refractivity contribution is -0.122. The van der Waals surface area contributed by atoms with Crippen molar-refractivity contribution >= 4 is 23.1 Å². The number of nitrogens with two attached hydrogens (primary N) is 1. The summed E-state index contributed by atoms with van der Waals surface area (Å²) in [7, 11) is 1.92. The zero-order valence-corrected chi connectivity index (χ0v) is 11.6. The minimum atomic E-state index is 0.106. The number of hydrogen-bond acceptors (Lipinski definition) is 3. The molecule has 1 saturated carbocycles. The van der Waals surface area contributed by atoms with Crippen LogP contribution in [0.2, 0.25) is 0 Å². The molecule has 1 unspecified atom stereocenters. The molecule has 0 aromatic carbocycles. The predicted octanol–water partition coefficient (Wildman–Crippen LogP) is 0.899. The molecule has 1 atom stereocenters. The van der Waals surface area contributed by atoms with Crippen molar-refractivity contribution in [2.24, 2.45) is 11.7 Å². The quantitative estimate of drug-likeness (QED) is 0.694. The molecule has 17 heavy (non-hydrogen) atoms. The summed E-state index contributed by atoms with van der Waals surface area (Å²) in [4.78, 5) is 14.2. The summed E-state index contributed by atoms with van der Waals surface area (Å²) >= 11 is 4.92. The van der Waals surface area contributed by atoms with Crippen LogP contribution in [-0.4, -0.2) is 42.0 Å². The second kappa shape index (κ2) is 6.91. The SMILES string of the molecule is CC(CN(C)CC(=O)NC1CCCC1)C(N)=S. The van der Waals surface area contributed by atoms with E-state index in [-0.39, 0.29) is 11.8 Å². The zero-order valence-electron chi connectivity index (χ0n) is 10.7. The molecule has 1 rings (SSSR count). The molecule has 1 aliphatic rings. The highest BCUT2D eigenvalue weighted by Gasteiger charge is 2.18. The zero-order chi connectivity index (χ0) is 12.8. The largest absolute Gasteiger partial charge is 0.393 e. The van der Waals surface area contributed by atoms with Crippen LogP contribution >= 0.6 is 12.2 Å². The van der Waals surface area contributed by atoms with Gasteiger partial charge in [-0.3, -0.25) is 9.69 Å². The molecular formula is C12H23N3OS. The highest BCUT2D eigenvalue weighted by molar-refractivity contribution is 7.80. The van der Waals surface area contributed by atoms with Crippen LogP contribution in [0.3, 0.4) is 0 Å². The van der Waals surface area contributed by atoms with Crippen molar-refractivity contribution in [1.29, 1.82) is 0 Å². The van der Waals surface area contributed by atoms with Crippen LogP contribution in [0.15, 0.2) is 0 Å². The molecule has 98 valence electrons. The summed E-state index contributed by atoms with van der Waals surface area (Å²) in [5.74, 6) is 0.254. The molecule has 0 spiro atoms. The van der Waals surface area contributed by atoms with E-state index in [9.17, 15) is 4.79 Å². The van der Waals surface area contributed by atoms with Crippen molar-refractivity contribution in [1.82, 2.24) is 10.2 Å². The number of thiocarbonyl (C=S) groups is 1. The third kappa shape index (κ3) is 5.46. The lowest BCUT2D eigenvalue weighted by Gasteiger charge is -2.21. The monoisotopic (exact) mass is 257 g/mol. The average molecular weight is 257 g/mol. The lowest BCUT2D eigenvalue weighted by atomic mass is 10.2. The molecule has 0 bridgehead atoms. The van der Waals surface area contributed by atoms with Gasteiger partial charge in [-0.15, -0.1) is 0 Å². The molecule has 4 nitrogen and oxygen atoms in total. The van der Waals surface area contributed by atoms with Gasteiger partial charge in [-0.05, 0) is 19.9 Å². The van der Waals surface area contributed by atoms with Gasteiger partial charge in [0.15, 0.2) is 0 Å². The molecular weight excluding hydrogens is 234 g/mol. The van der Waals surface area contributed by atoms with E-state index in [1.165, 1.54) is 12.8 Å². The summed E-state index contributed by atoms with van der Waals surface area (Å²) in [5.41, 5.74) is 5.55. The van der Waals surface area contributed by atoms with Crippen molar-refractivity contribution in [3.05, 3.63) is 0 Å². The highest BCUT2D eigenvalue weighted by Crippen LogP contribution is 2.17. The van der Waals surface area contributed by atoms with Crippen LogP contribution in [0.4, 0.5) is 0 Å². The van der Waals surface area contributed by atoms with E-state index >= 15 is 0 Å². The van der Waals surface area contributed by atoms with Crippen molar-refractivity contribution in [3.8, 4) is 0 Å². The summed E-state index contributed by atoms with van der Waals surface area (Å²) in [6.45, 7) is 3.13. The van der Waals surface area contributed by atoms with E-state index in [1.54, 1.807) is 0 Å². The molecule has 0 saturated heterocycles. The molecule has 1 aliphatic carbocycles. The molecule has 0 aromatic heterocycles. The van der Waals surface area contributed by atoms with Crippen LogP contribution in [0.25, 0.3) is 0 Å². The van der Waals surface area contributed by atoms with Crippen LogP contribution in [0.1, 0.15) is 32.6 Å². The number of carbonyl (C=O) groups excluding carboxylic acids is 1. The Labute approximate surface area is 109 Å². The van der Waals surface area contributed by atoms with Gasteiger partial charge in [0.1, 0.15) is 0 Å². The van der Waals surface area contributed by atoms with Crippen LogP contribution < -0.4 is 11.1 Å². The predicted molar refractivity (Wildman–Crippen MR) is 73.8 cm³/mol. The number of hydrogen-bond donors (Lipinski definition) is 2. The highest BCUT2D eigenvalue weighted by atomic mass is 32.1. The molecule has 0 aromatic rings. The normalized spacial score (nSPS) is 18.3. The van der Waals surface area contributed by atoms with Gasteiger partial charge in [0.2, 0.25) is 5.91 Å². The van der Waals surface area contributed by atoms with Crippen LogP contribution in [0, 0.1) is 5.92 Å². The van der Waals surface area contributed by atoms with Gasteiger partial charge in [0.25, 0.3) is 0 Å². The molecule has 0 heterocycles. The van der Waals surface area contributed by atoms with Gasteiger partial charge in [-0.25, -0.2) is 0 Å². The molecule has 0 radical (unpaired) electrons. The summed E-state index contributed by atoms with van der Waals surface area (Å²) in [5, 5.41) is 3.07. The van der Waals surface area contributed by atoms with E-state index in [0.717, 1.165) is 19.4 Å². The Balaban J connectivity index is 2.22. The Hall–Kier alpha value is -0.680. The second-order valence-corrected chi connectivity index (χ2v) is 5.52. The van der Waals surface area contributed by atoms with Crippen LogP contribution in [0.5, 0.6) is 0 Å². The van der Waals surface area contributed by atoms with E-state index in [2.05, 4.69) is 5.32 Å². The Morgan fingerprint density at radius 1 is 1.53 bits per heavy atom. The first kappa shape index (κ1) is 14.4. The second-order valence-electron chi connectivity index (χ2n) is 5.05. The van der Waals surface area contributed by atoms with E-state index < -0.39 is 0 Å². The van der Waals surface area contributed by atoms with Gasteiger partial charge < -0.3 is 11.1 Å². The van der Waals surface area contributed by atoms with Crippen molar-refractivity contribution in [2.75, 3.05) is 20.1 Å². The van der Waals surface area contributed by atoms with Gasteiger partial charge >= 0.3 is 0 Å². The first-order valence-electron chi connectivity index (χ1n) is 6.26. The smallest absolute Gasteiger partial charge is 0.234 e. The van der Waals surface area contributed by atoms with E-state index in [1.807, 2.05) is 18.9 Å². The number of nitrogens with zero attached hydrogens (tertiary/aromatic N) is 1. The van der Waals surface area contributed by atoms with Crippen LogP contribution in [-0.2, 0) is 4.79 Å². The fourth-order valence-electron chi connectivity index (χ4n) is 2.21. The maximum Gasteiger partial charge on any atom is 0.234 e. The number of likely N-dealkylation sites (N-methyl/N-ethyl adjacent to an activating group) is 1. The molecule has 1 fully saturated rings. The Morgan fingerprint density at radius 3 is 2.65 bits per heavy atom. The van der Waals surface area contributed by atoms with Gasteiger partial charge in [0, 0.05) is 18.5 Å². The maximum atomic E-state index is 11.7. The van der Waals surface area contributed by atoms with E-state index in [4.69, 9.17) is 18.0 Å². The summed E-state index contributed by atoms with van der Waals surface area (Å²) < 4.78 is 0. The maximum absolute atomic E-state index is 11.7. The summed E-state index contributed by atoms with van der Waals surface area (Å²) in [6.07, 6.45) is 4.72. The number of nitrogens with one attached hydrogen (secondary N) is 1. The Morgan fingerprint density at radius 2 is 2.12 bits per heavy atom. The number of amides is 1. The molecule has 3 N–H and O–H groups in total. The third-order valence-corrected chi connectivity index (χ3v) is 3.61. The third-order valence-electron chi connectivity index (χ3n) is 3.21. The number of carbonyl (C=O) groups is 1. The van der Waals surface area contributed by atoms with Crippen molar-refractivity contribution in [3.63, 3.8) is 0 Å². The first-order valence-corrected chi connectivity index (χ1v) is 6.67. The molecule has 5 heteroatoms. The fraction of sp³-hybridized carbons (Fsp3) is 0.833. The molecule has 0 aliphatic heterocycles. The number of rotatable bonds is 6. The van der Waals surface area contributed by atoms with Crippen molar-refractivity contribution in [2.45, 2.75) is 38.6 Å². The van der Waals surface area contributed by atoms with Crippen molar-refractivity contribution < 1.29 is 4.79 Å². The van der Waals surface area contributed by atoms with Gasteiger partial charge in [0.05, 0.1) is 11.5 Å². The Bertz CT molecular complexity index is 277. The standard InChI is InChI=1S/C12H23N3OS/c1-9(12(13)17)7-15(2)8-11(16)14-10-5-3-4-6-10/h9-10H,3-8H2,1-2H3,(H2,13,17)(H,14,16).